The summed E-state index contributed by atoms with van der Waals surface area (Å²) in [6.45, 7) is 1.15. The molecule has 2 aromatic rings. The lowest BCUT2D eigenvalue weighted by Gasteiger charge is -2.29. The van der Waals surface area contributed by atoms with Gasteiger partial charge in [0.2, 0.25) is 15.9 Å². The van der Waals surface area contributed by atoms with E-state index >= 15 is 0 Å². The lowest BCUT2D eigenvalue weighted by molar-refractivity contribution is -0.131. The van der Waals surface area contributed by atoms with Crippen molar-refractivity contribution in [2.75, 3.05) is 20.6 Å². The Hall–Kier alpha value is -1.70. The van der Waals surface area contributed by atoms with Gasteiger partial charge in [0.05, 0.1) is 11.3 Å². The van der Waals surface area contributed by atoms with Crippen molar-refractivity contribution in [1.29, 1.82) is 0 Å². The normalized spacial score (nSPS) is 14.7. The Labute approximate surface area is 146 Å². The third kappa shape index (κ3) is 3.38. The first-order chi connectivity index (χ1) is 11.4. The molecule has 7 heteroatoms. The number of benzene rings is 1. The first-order valence-electron chi connectivity index (χ1n) is 7.72. The highest BCUT2D eigenvalue weighted by molar-refractivity contribution is 7.89. The molecule has 128 valence electrons. The van der Waals surface area contributed by atoms with Gasteiger partial charge in [-0.2, -0.15) is 0 Å². The number of thiophene rings is 1. The summed E-state index contributed by atoms with van der Waals surface area (Å²) < 4.78 is 25.8. The van der Waals surface area contributed by atoms with Gasteiger partial charge in [-0.25, -0.2) is 12.7 Å². The van der Waals surface area contributed by atoms with Gasteiger partial charge in [0.15, 0.2) is 0 Å². The van der Waals surface area contributed by atoms with Crippen LogP contribution in [0, 0.1) is 0 Å². The standard InChI is InChI=1S/C17H20N2O3S2/c1-18(2)24(21,22)16-6-5-13-7-8-19(12-14(13)10-16)17(20)11-15-4-3-9-23-15/h3-6,9-10H,7-8,11-12H2,1-2H3. The van der Waals surface area contributed by atoms with Gasteiger partial charge in [-0.15, -0.1) is 11.3 Å². The van der Waals surface area contributed by atoms with Crippen LogP contribution in [-0.4, -0.2) is 44.2 Å². The lowest BCUT2D eigenvalue weighted by atomic mass is 9.99. The van der Waals surface area contributed by atoms with Gasteiger partial charge >= 0.3 is 0 Å². The van der Waals surface area contributed by atoms with Crippen LogP contribution in [-0.2, 0) is 34.2 Å². The molecule has 0 fully saturated rings. The summed E-state index contributed by atoms with van der Waals surface area (Å²) in [7, 11) is -0.419. The van der Waals surface area contributed by atoms with Crippen LogP contribution in [0.25, 0.3) is 0 Å². The zero-order valence-corrected chi connectivity index (χ0v) is 15.4. The zero-order valence-electron chi connectivity index (χ0n) is 13.7. The maximum Gasteiger partial charge on any atom is 0.242 e. The van der Waals surface area contributed by atoms with Crippen LogP contribution in [0.4, 0.5) is 0 Å². The molecule has 0 atom stereocenters. The van der Waals surface area contributed by atoms with E-state index in [9.17, 15) is 13.2 Å². The second-order valence-electron chi connectivity index (χ2n) is 6.04. The van der Waals surface area contributed by atoms with E-state index in [0.717, 1.165) is 22.4 Å². The fourth-order valence-electron chi connectivity index (χ4n) is 2.79. The Balaban J connectivity index is 1.80. The first-order valence-corrected chi connectivity index (χ1v) is 10.0. The summed E-state index contributed by atoms with van der Waals surface area (Å²) in [5.41, 5.74) is 2.04. The molecule has 0 bridgehead atoms. The lowest BCUT2D eigenvalue weighted by Crippen LogP contribution is -2.37. The van der Waals surface area contributed by atoms with Gasteiger partial charge in [-0.3, -0.25) is 4.79 Å². The first kappa shape index (κ1) is 17.1. The molecule has 1 aromatic carbocycles. The molecule has 1 amide bonds. The number of nitrogens with zero attached hydrogens (tertiary/aromatic N) is 2. The third-order valence-corrected chi connectivity index (χ3v) is 6.91. The van der Waals surface area contributed by atoms with Crippen molar-refractivity contribution in [3.05, 3.63) is 51.7 Å². The van der Waals surface area contributed by atoms with Crippen LogP contribution in [0.1, 0.15) is 16.0 Å². The Morgan fingerprint density at radius 3 is 2.71 bits per heavy atom. The minimum atomic E-state index is -3.46. The highest BCUT2D eigenvalue weighted by Gasteiger charge is 2.24. The zero-order chi connectivity index (χ0) is 17.3. The minimum absolute atomic E-state index is 0.0870. The molecule has 0 N–H and O–H groups in total. The Morgan fingerprint density at radius 2 is 2.04 bits per heavy atom. The van der Waals surface area contributed by atoms with Crippen molar-refractivity contribution in [1.82, 2.24) is 9.21 Å². The van der Waals surface area contributed by atoms with Gasteiger partial charge in [0, 0.05) is 32.1 Å². The van der Waals surface area contributed by atoms with Crippen molar-refractivity contribution in [3.63, 3.8) is 0 Å². The van der Waals surface area contributed by atoms with Crippen molar-refractivity contribution in [3.8, 4) is 0 Å². The van der Waals surface area contributed by atoms with Crippen LogP contribution in [0.15, 0.2) is 40.6 Å². The second-order valence-corrected chi connectivity index (χ2v) is 9.22. The average molecular weight is 364 g/mol. The van der Waals surface area contributed by atoms with Crippen LogP contribution in [0.3, 0.4) is 0 Å². The number of sulfonamides is 1. The number of hydrogen-bond acceptors (Lipinski definition) is 4. The van der Waals surface area contributed by atoms with E-state index < -0.39 is 10.0 Å². The SMILES string of the molecule is CN(C)S(=O)(=O)c1ccc2c(c1)CN(C(=O)Cc1cccs1)CC2. The van der Waals surface area contributed by atoms with E-state index in [4.69, 9.17) is 0 Å². The second kappa shape index (κ2) is 6.66. The molecule has 0 unspecified atom stereocenters. The molecule has 3 rings (SSSR count). The minimum Gasteiger partial charge on any atom is -0.338 e. The summed E-state index contributed by atoms with van der Waals surface area (Å²) in [6.07, 6.45) is 1.16. The van der Waals surface area contributed by atoms with E-state index in [1.807, 2.05) is 28.5 Å². The summed E-state index contributed by atoms with van der Waals surface area (Å²) in [5.74, 6) is 0.0870. The molecular weight excluding hydrogens is 344 g/mol. The average Bonchev–Trinajstić information content (AvgIpc) is 3.06. The summed E-state index contributed by atoms with van der Waals surface area (Å²) >= 11 is 1.58. The van der Waals surface area contributed by atoms with Crippen molar-refractivity contribution in [2.45, 2.75) is 24.3 Å². The van der Waals surface area contributed by atoms with Crippen molar-refractivity contribution < 1.29 is 13.2 Å². The van der Waals surface area contributed by atoms with E-state index in [-0.39, 0.29) is 10.8 Å². The fraction of sp³-hybridized carbons (Fsp3) is 0.353. The molecule has 0 spiro atoms. The third-order valence-electron chi connectivity index (χ3n) is 4.23. The summed E-state index contributed by atoms with van der Waals surface area (Å²) in [4.78, 5) is 15.6. The largest absolute Gasteiger partial charge is 0.338 e. The molecule has 24 heavy (non-hydrogen) atoms. The molecule has 2 heterocycles. The van der Waals surface area contributed by atoms with Gasteiger partial charge in [0.1, 0.15) is 0 Å². The fourth-order valence-corrected chi connectivity index (χ4v) is 4.44. The molecule has 1 aromatic heterocycles. The molecule has 0 saturated carbocycles. The summed E-state index contributed by atoms with van der Waals surface area (Å²) in [5, 5.41) is 1.96. The predicted octanol–water partition coefficient (Wildman–Crippen LogP) is 2.13. The molecule has 0 aliphatic carbocycles. The molecule has 0 saturated heterocycles. The number of fused-ring (bicyclic) bond motifs is 1. The Kier molecular flexibility index (Phi) is 4.76. The van der Waals surface area contributed by atoms with E-state index in [2.05, 4.69) is 0 Å². The molecule has 1 aliphatic rings. The maximum absolute atomic E-state index is 12.5. The summed E-state index contributed by atoms with van der Waals surface area (Å²) in [6, 6.07) is 9.12. The Morgan fingerprint density at radius 1 is 1.25 bits per heavy atom. The number of hydrogen-bond donors (Lipinski definition) is 0. The van der Waals surface area contributed by atoms with Crippen LogP contribution >= 0.6 is 11.3 Å². The van der Waals surface area contributed by atoms with Crippen molar-refractivity contribution in [2.24, 2.45) is 0 Å². The quantitative estimate of drug-likeness (QED) is 0.835. The van der Waals surface area contributed by atoms with Crippen molar-refractivity contribution >= 4 is 27.3 Å². The van der Waals surface area contributed by atoms with E-state index in [0.29, 0.717) is 19.5 Å². The van der Waals surface area contributed by atoms with E-state index in [1.165, 1.54) is 18.4 Å². The highest BCUT2D eigenvalue weighted by Crippen LogP contribution is 2.24. The smallest absolute Gasteiger partial charge is 0.242 e. The van der Waals surface area contributed by atoms with Crippen LogP contribution in [0.2, 0.25) is 0 Å². The van der Waals surface area contributed by atoms with Gasteiger partial charge < -0.3 is 4.90 Å². The van der Waals surface area contributed by atoms with Crippen LogP contribution < -0.4 is 0 Å². The number of carbonyl (C=O) groups is 1. The topological polar surface area (TPSA) is 57.7 Å². The predicted molar refractivity (Wildman–Crippen MR) is 94.5 cm³/mol. The number of carbonyl (C=O) groups excluding carboxylic acids is 1. The monoisotopic (exact) mass is 364 g/mol. The highest BCUT2D eigenvalue weighted by atomic mass is 32.2. The van der Waals surface area contributed by atoms with E-state index in [1.54, 1.807) is 23.5 Å². The van der Waals surface area contributed by atoms with Gasteiger partial charge in [-0.05, 0) is 41.1 Å². The maximum atomic E-state index is 12.5. The molecule has 5 nitrogen and oxygen atoms in total. The number of rotatable bonds is 4. The number of amides is 1. The Bertz CT molecular complexity index is 843. The van der Waals surface area contributed by atoms with Gasteiger partial charge in [0.25, 0.3) is 0 Å². The van der Waals surface area contributed by atoms with Gasteiger partial charge in [-0.1, -0.05) is 12.1 Å². The molecule has 1 aliphatic heterocycles. The molecular formula is C17H20N2O3S2. The molecule has 0 radical (unpaired) electrons. The van der Waals surface area contributed by atoms with Crippen LogP contribution in [0.5, 0.6) is 0 Å².